The molecule has 1 unspecified atom stereocenters. The van der Waals surface area contributed by atoms with Gasteiger partial charge in [-0.2, -0.15) is 0 Å². The highest BCUT2D eigenvalue weighted by Gasteiger charge is 2.25. The molecule has 3 aromatic rings. The Morgan fingerprint density at radius 3 is 2.39 bits per heavy atom. The van der Waals surface area contributed by atoms with E-state index in [0.29, 0.717) is 17.2 Å². The van der Waals surface area contributed by atoms with Crippen LogP contribution in [-0.2, 0) is 15.8 Å². The Bertz CT molecular complexity index is 1140. The Morgan fingerprint density at radius 1 is 1.03 bits per heavy atom. The molecule has 0 aliphatic carbocycles. The summed E-state index contributed by atoms with van der Waals surface area (Å²) in [5.74, 6) is -0.594. The molecule has 0 saturated heterocycles. The monoisotopic (exact) mass is 447 g/mol. The molecule has 0 fully saturated rings. The summed E-state index contributed by atoms with van der Waals surface area (Å²) in [5.41, 5.74) is -0.373. The van der Waals surface area contributed by atoms with Crippen LogP contribution in [0.15, 0.2) is 57.8 Å². The molecule has 164 valence electrons. The first-order valence-corrected chi connectivity index (χ1v) is 10.6. The number of anilines is 2. The van der Waals surface area contributed by atoms with Gasteiger partial charge in [0.05, 0.1) is 21.7 Å². The van der Waals surface area contributed by atoms with E-state index in [0.717, 1.165) is 12.1 Å². The number of carbonyl (C=O) groups is 1. The Morgan fingerprint density at radius 2 is 1.77 bits per heavy atom. The molecule has 0 aliphatic heterocycles. The topological polar surface area (TPSA) is 83.4 Å². The van der Waals surface area contributed by atoms with E-state index in [9.17, 15) is 17.8 Å². The Labute approximate surface area is 181 Å². The third-order valence-electron chi connectivity index (χ3n) is 4.78. The molecule has 0 aliphatic rings. The van der Waals surface area contributed by atoms with Gasteiger partial charge in [0.2, 0.25) is 5.91 Å². The van der Waals surface area contributed by atoms with Gasteiger partial charge in [-0.15, -0.1) is 0 Å². The van der Waals surface area contributed by atoms with Crippen LogP contribution in [0.2, 0.25) is 0 Å². The first-order valence-electron chi connectivity index (χ1n) is 9.45. The van der Waals surface area contributed by atoms with E-state index in [1.165, 1.54) is 24.3 Å². The Balaban J connectivity index is 1.78. The SMILES string of the molecule is CNC(C)(C)C(=O)Nc1ccc(F)c(NS(=O)c2ccc(-c3ccc(C)o3)c(F)c2)c1. The van der Waals surface area contributed by atoms with Crippen LogP contribution >= 0.6 is 0 Å². The molecule has 31 heavy (non-hydrogen) atoms. The normalized spacial score (nSPS) is 12.5. The Kier molecular flexibility index (Phi) is 6.56. The molecular weight excluding hydrogens is 424 g/mol. The summed E-state index contributed by atoms with van der Waals surface area (Å²) in [6, 6.07) is 11.3. The number of nitrogens with one attached hydrogen (secondary N) is 3. The van der Waals surface area contributed by atoms with Crippen LogP contribution < -0.4 is 15.4 Å². The van der Waals surface area contributed by atoms with Gasteiger partial charge >= 0.3 is 0 Å². The van der Waals surface area contributed by atoms with Crippen molar-refractivity contribution in [2.45, 2.75) is 31.2 Å². The van der Waals surface area contributed by atoms with Gasteiger partial charge in [0.15, 0.2) is 0 Å². The van der Waals surface area contributed by atoms with Gasteiger partial charge < -0.3 is 15.1 Å². The van der Waals surface area contributed by atoms with Crippen LogP contribution in [0, 0.1) is 18.6 Å². The highest BCUT2D eigenvalue weighted by atomic mass is 32.2. The zero-order chi connectivity index (χ0) is 22.8. The van der Waals surface area contributed by atoms with Crippen LogP contribution in [0.4, 0.5) is 20.2 Å². The molecule has 1 amide bonds. The number of carbonyl (C=O) groups excluding carboxylic acids is 1. The van der Waals surface area contributed by atoms with E-state index in [1.54, 1.807) is 40.0 Å². The minimum absolute atomic E-state index is 0.0930. The lowest BCUT2D eigenvalue weighted by Gasteiger charge is -2.23. The summed E-state index contributed by atoms with van der Waals surface area (Å²) in [7, 11) is -0.289. The fourth-order valence-electron chi connectivity index (χ4n) is 2.63. The minimum atomic E-state index is -1.94. The predicted molar refractivity (Wildman–Crippen MR) is 117 cm³/mol. The number of hydrogen-bond donors (Lipinski definition) is 3. The molecule has 1 aromatic heterocycles. The van der Waals surface area contributed by atoms with Gasteiger partial charge in [-0.05, 0) is 76.3 Å². The summed E-state index contributed by atoms with van der Waals surface area (Å²) >= 11 is 0. The smallest absolute Gasteiger partial charge is 0.244 e. The highest BCUT2D eigenvalue weighted by molar-refractivity contribution is 7.86. The Hall–Kier alpha value is -3.04. The van der Waals surface area contributed by atoms with Crippen molar-refractivity contribution in [2.75, 3.05) is 17.1 Å². The van der Waals surface area contributed by atoms with Crippen LogP contribution in [0.3, 0.4) is 0 Å². The molecule has 2 aromatic carbocycles. The second kappa shape index (κ2) is 8.99. The first-order chi connectivity index (χ1) is 14.6. The lowest BCUT2D eigenvalue weighted by atomic mass is 10.1. The van der Waals surface area contributed by atoms with Crippen LogP contribution in [0.25, 0.3) is 11.3 Å². The van der Waals surface area contributed by atoms with Crippen molar-refractivity contribution < 1.29 is 22.2 Å². The van der Waals surface area contributed by atoms with Crippen molar-refractivity contribution in [1.29, 1.82) is 0 Å². The average molecular weight is 448 g/mol. The van der Waals surface area contributed by atoms with Crippen molar-refractivity contribution in [3.05, 3.63) is 65.9 Å². The molecule has 1 atom stereocenters. The maximum atomic E-state index is 14.5. The lowest BCUT2D eigenvalue weighted by Crippen LogP contribution is -2.47. The van der Waals surface area contributed by atoms with E-state index < -0.39 is 28.2 Å². The zero-order valence-electron chi connectivity index (χ0n) is 17.5. The third-order valence-corrected chi connectivity index (χ3v) is 5.87. The summed E-state index contributed by atoms with van der Waals surface area (Å²) in [6.07, 6.45) is 0. The highest BCUT2D eigenvalue weighted by Crippen LogP contribution is 2.27. The van der Waals surface area contributed by atoms with Crippen molar-refractivity contribution in [3.63, 3.8) is 0 Å². The second-order valence-corrected chi connectivity index (χ2v) is 8.66. The van der Waals surface area contributed by atoms with Crippen molar-refractivity contribution in [3.8, 4) is 11.3 Å². The molecular formula is C22H23F2N3O3S. The summed E-state index contributed by atoms with van der Waals surface area (Å²) in [6.45, 7) is 5.14. The van der Waals surface area contributed by atoms with Crippen LogP contribution in [-0.4, -0.2) is 22.7 Å². The second-order valence-electron chi connectivity index (χ2n) is 7.45. The molecule has 0 spiro atoms. The fraction of sp³-hybridized carbons (Fsp3) is 0.227. The number of likely N-dealkylation sites (N-methyl/N-ethyl adjacent to an activating group) is 1. The number of hydrogen-bond acceptors (Lipinski definition) is 4. The number of furan rings is 1. The third kappa shape index (κ3) is 5.18. The largest absolute Gasteiger partial charge is 0.461 e. The molecule has 0 bridgehead atoms. The molecule has 3 N–H and O–H groups in total. The number of rotatable bonds is 7. The van der Waals surface area contributed by atoms with Gasteiger partial charge in [-0.1, -0.05) is 0 Å². The number of amides is 1. The van der Waals surface area contributed by atoms with Gasteiger partial charge in [0.1, 0.15) is 34.1 Å². The van der Waals surface area contributed by atoms with E-state index in [1.807, 2.05) is 0 Å². The van der Waals surface area contributed by atoms with Crippen molar-refractivity contribution >= 4 is 28.3 Å². The molecule has 0 saturated carbocycles. The summed E-state index contributed by atoms with van der Waals surface area (Å²) in [5, 5.41) is 5.54. The first kappa shape index (κ1) is 22.6. The molecule has 6 nitrogen and oxygen atoms in total. The predicted octanol–water partition coefficient (Wildman–Crippen LogP) is 4.60. The van der Waals surface area contributed by atoms with E-state index >= 15 is 0 Å². The van der Waals surface area contributed by atoms with Gasteiger partial charge in [-0.3, -0.25) is 9.52 Å². The van der Waals surface area contributed by atoms with Gasteiger partial charge in [-0.25, -0.2) is 13.0 Å². The molecule has 1 heterocycles. The summed E-state index contributed by atoms with van der Waals surface area (Å²) in [4.78, 5) is 12.4. The maximum absolute atomic E-state index is 14.5. The van der Waals surface area contributed by atoms with Crippen molar-refractivity contribution in [1.82, 2.24) is 5.32 Å². The number of halogens is 2. The fourth-order valence-corrected chi connectivity index (χ4v) is 3.51. The standard InChI is InChI=1S/C22H23F2N3O3S/c1-13-5-10-20(30-13)16-8-7-15(12-18(16)24)31(29)27-19-11-14(6-9-17(19)23)26-21(28)22(2,3)25-4/h5-12,25,27H,1-4H3,(H,26,28). The average Bonchev–Trinajstić information content (AvgIpc) is 3.16. The number of aryl methyl sites for hydroxylation is 1. The van der Waals surface area contributed by atoms with Crippen LogP contribution in [0.5, 0.6) is 0 Å². The van der Waals surface area contributed by atoms with E-state index in [-0.39, 0.29) is 22.1 Å². The van der Waals surface area contributed by atoms with E-state index in [4.69, 9.17) is 4.42 Å². The zero-order valence-corrected chi connectivity index (χ0v) is 18.3. The molecule has 3 rings (SSSR count). The summed E-state index contributed by atoms with van der Waals surface area (Å²) < 4.78 is 49.4. The van der Waals surface area contributed by atoms with E-state index in [2.05, 4.69) is 15.4 Å². The van der Waals surface area contributed by atoms with Crippen molar-refractivity contribution in [2.24, 2.45) is 0 Å². The number of benzene rings is 2. The minimum Gasteiger partial charge on any atom is -0.461 e. The molecule has 9 heteroatoms. The quantitative estimate of drug-likeness (QED) is 0.494. The maximum Gasteiger partial charge on any atom is 0.244 e. The lowest BCUT2D eigenvalue weighted by molar-refractivity contribution is -0.121. The van der Waals surface area contributed by atoms with Gasteiger partial charge in [0, 0.05) is 5.69 Å². The van der Waals surface area contributed by atoms with Crippen LogP contribution in [0.1, 0.15) is 19.6 Å². The molecule has 0 radical (unpaired) electrons. The van der Waals surface area contributed by atoms with Gasteiger partial charge in [0.25, 0.3) is 0 Å².